The molecule has 1 aromatic carbocycles. The molecule has 0 aliphatic heterocycles. The second-order valence-electron chi connectivity index (χ2n) is 5.44. The van der Waals surface area contributed by atoms with Crippen molar-refractivity contribution in [3.63, 3.8) is 0 Å². The highest BCUT2D eigenvalue weighted by Crippen LogP contribution is 2.21. The van der Waals surface area contributed by atoms with Gasteiger partial charge in [-0.2, -0.15) is 5.10 Å². The van der Waals surface area contributed by atoms with E-state index >= 15 is 0 Å². The second-order valence-corrected chi connectivity index (χ2v) is 6.39. The molecule has 2 aromatic heterocycles. The number of carboxylic acids is 1. The van der Waals surface area contributed by atoms with Gasteiger partial charge in [-0.3, -0.25) is 9.59 Å². The van der Waals surface area contributed by atoms with E-state index in [1.54, 1.807) is 36.4 Å². The molecule has 0 saturated carbocycles. The molecular weight excluding hydrogens is 354 g/mol. The van der Waals surface area contributed by atoms with Crippen LogP contribution in [0.2, 0.25) is 0 Å². The van der Waals surface area contributed by atoms with Crippen LogP contribution in [-0.4, -0.2) is 26.8 Å². The molecule has 0 bridgehead atoms. The van der Waals surface area contributed by atoms with Gasteiger partial charge >= 0.3 is 5.97 Å². The normalized spacial score (nSPS) is 11.7. The first kappa shape index (κ1) is 17.6. The molecule has 1 atom stereocenters. The highest BCUT2D eigenvalue weighted by atomic mass is 32.1. The van der Waals surface area contributed by atoms with Gasteiger partial charge < -0.3 is 10.4 Å². The number of hydrogen-bond donors (Lipinski definition) is 2. The molecule has 8 heteroatoms. The van der Waals surface area contributed by atoms with Gasteiger partial charge in [0.1, 0.15) is 12.2 Å². The van der Waals surface area contributed by atoms with Gasteiger partial charge in [0.2, 0.25) is 5.91 Å². The summed E-state index contributed by atoms with van der Waals surface area (Å²) in [5, 5.41) is 17.9. The third-order valence-corrected chi connectivity index (χ3v) is 4.51. The van der Waals surface area contributed by atoms with Crippen LogP contribution in [0.15, 0.2) is 64.8 Å². The van der Waals surface area contributed by atoms with Crippen LogP contribution in [0.1, 0.15) is 11.6 Å². The standard InChI is InChI=1S/C18H15N3O4S/c22-15(19-17(18(24)25)12-5-2-1-3-6-12)11-21-16(23)9-8-13(20-21)14-7-4-10-26-14/h1-10,17H,11H2,(H,19,22)(H,24,25)/t17-/m1/s1. The number of carbonyl (C=O) groups excluding carboxylic acids is 1. The van der Waals surface area contributed by atoms with Crippen LogP contribution >= 0.6 is 11.3 Å². The zero-order chi connectivity index (χ0) is 18.5. The van der Waals surface area contributed by atoms with Crippen LogP contribution in [0, 0.1) is 0 Å². The molecule has 0 aliphatic rings. The number of benzene rings is 1. The quantitative estimate of drug-likeness (QED) is 0.691. The Morgan fingerprint density at radius 1 is 1.12 bits per heavy atom. The van der Waals surface area contributed by atoms with Crippen molar-refractivity contribution in [1.29, 1.82) is 0 Å². The van der Waals surface area contributed by atoms with Crippen molar-refractivity contribution in [3.8, 4) is 10.6 Å². The first-order valence-electron chi connectivity index (χ1n) is 7.74. The van der Waals surface area contributed by atoms with Crippen molar-refractivity contribution in [2.75, 3.05) is 0 Å². The van der Waals surface area contributed by atoms with Crippen LogP contribution in [0.5, 0.6) is 0 Å². The van der Waals surface area contributed by atoms with Gasteiger partial charge in [-0.1, -0.05) is 36.4 Å². The summed E-state index contributed by atoms with van der Waals surface area (Å²) < 4.78 is 1.02. The highest BCUT2D eigenvalue weighted by molar-refractivity contribution is 7.13. The minimum absolute atomic E-state index is 0.366. The summed E-state index contributed by atoms with van der Waals surface area (Å²) in [7, 11) is 0. The molecule has 26 heavy (non-hydrogen) atoms. The molecule has 0 aliphatic carbocycles. The van der Waals surface area contributed by atoms with E-state index in [2.05, 4.69) is 10.4 Å². The van der Waals surface area contributed by atoms with Crippen molar-refractivity contribution in [2.24, 2.45) is 0 Å². The topological polar surface area (TPSA) is 101 Å². The fourth-order valence-electron chi connectivity index (χ4n) is 2.39. The van der Waals surface area contributed by atoms with E-state index in [-0.39, 0.29) is 6.54 Å². The van der Waals surface area contributed by atoms with E-state index < -0.39 is 23.5 Å². The maximum atomic E-state index is 12.3. The Balaban J connectivity index is 1.78. The monoisotopic (exact) mass is 369 g/mol. The number of hydrogen-bond acceptors (Lipinski definition) is 5. The average molecular weight is 369 g/mol. The van der Waals surface area contributed by atoms with E-state index in [1.165, 1.54) is 17.4 Å². The molecule has 132 valence electrons. The molecule has 0 unspecified atom stereocenters. The Morgan fingerprint density at radius 2 is 1.88 bits per heavy atom. The van der Waals surface area contributed by atoms with Gasteiger partial charge in [-0.05, 0) is 23.1 Å². The molecule has 0 radical (unpaired) electrons. The average Bonchev–Trinajstić information content (AvgIpc) is 3.17. The number of aromatic nitrogens is 2. The Bertz CT molecular complexity index is 968. The van der Waals surface area contributed by atoms with Crippen LogP contribution in [0.3, 0.4) is 0 Å². The first-order chi connectivity index (χ1) is 12.5. The smallest absolute Gasteiger partial charge is 0.330 e. The lowest BCUT2D eigenvalue weighted by molar-refractivity contribution is -0.142. The number of carboxylic acid groups (broad SMARTS) is 1. The molecule has 7 nitrogen and oxygen atoms in total. The molecule has 2 N–H and O–H groups in total. The number of thiophene rings is 1. The van der Waals surface area contributed by atoms with Gasteiger partial charge in [0, 0.05) is 6.07 Å². The fraction of sp³-hybridized carbons (Fsp3) is 0.111. The van der Waals surface area contributed by atoms with Gasteiger partial charge in [0.05, 0.1) is 4.88 Å². The Hall–Kier alpha value is -3.26. The molecular formula is C18H15N3O4S. The second kappa shape index (κ2) is 7.75. The molecule has 3 aromatic rings. The van der Waals surface area contributed by atoms with Crippen LogP contribution < -0.4 is 10.9 Å². The Morgan fingerprint density at radius 3 is 2.54 bits per heavy atom. The van der Waals surface area contributed by atoms with Crippen LogP contribution in [-0.2, 0) is 16.1 Å². The number of amides is 1. The van der Waals surface area contributed by atoms with Crippen molar-refractivity contribution in [2.45, 2.75) is 12.6 Å². The van der Waals surface area contributed by atoms with E-state index in [4.69, 9.17) is 0 Å². The Labute approximate surface area is 152 Å². The SMILES string of the molecule is O=C(Cn1nc(-c2cccs2)ccc1=O)N[C@@H](C(=O)O)c1ccccc1. The van der Waals surface area contributed by atoms with E-state index in [0.717, 1.165) is 9.56 Å². The zero-order valence-electron chi connectivity index (χ0n) is 13.5. The van der Waals surface area contributed by atoms with E-state index in [1.807, 2.05) is 17.5 Å². The summed E-state index contributed by atoms with van der Waals surface area (Å²) in [6, 6.07) is 13.8. The lowest BCUT2D eigenvalue weighted by Crippen LogP contribution is -2.38. The minimum Gasteiger partial charge on any atom is -0.479 e. The Kier molecular flexibility index (Phi) is 5.23. The zero-order valence-corrected chi connectivity index (χ0v) is 14.3. The molecule has 0 saturated heterocycles. The summed E-state index contributed by atoms with van der Waals surface area (Å²) >= 11 is 1.47. The summed E-state index contributed by atoms with van der Waals surface area (Å²) in [6.07, 6.45) is 0. The van der Waals surface area contributed by atoms with Gasteiger partial charge in [-0.15, -0.1) is 11.3 Å². The minimum atomic E-state index is -1.19. The third kappa shape index (κ3) is 4.04. The maximum absolute atomic E-state index is 12.3. The summed E-state index contributed by atoms with van der Waals surface area (Å²) in [5.74, 6) is -1.80. The molecule has 3 rings (SSSR count). The summed E-state index contributed by atoms with van der Waals surface area (Å²) in [4.78, 5) is 36.6. The molecule has 0 fully saturated rings. The number of aliphatic carboxylic acids is 1. The predicted octanol–water partition coefficient (Wildman–Crippen LogP) is 1.91. The van der Waals surface area contributed by atoms with Crippen molar-refractivity contribution >= 4 is 23.2 Å². The van der Waals surface area contributed by atoms with Gasteiger partial charge in [-0.25, -0.2) is 9.48 Å². The largest absolute Gasteiger partial charge is 0.479 e. The van der Waals surface area contributed by atoms with Crippen LogP contribution in [0.4, 0.5) is 0 Å². The molecule has 1 amide bonds. The number of nitrogens with zero attached hydrogens (tertiary/aromatic N) is 2. The van der Waals surface area contributed by atoms with Gasteiger partial charge in [0.25, 0.3) is 5.56 Å². The van der Waals surface area contributed by atoms with Crippen molar-refractivity contribution < 1.29 is 14.7 Å². The predicted molar refractivity (Wildman–Crippen MR) is 96.8 cm³/mol. The highest BCUT2D eigenvalue weighted by Gasteiger charge is 2.22. The lowest BCUT2D eigenvalue weighted by atomic mass is 10.1. The lowest BCUT2D eigenvalue weighted by Gasteiger charge is -2.15. The number of carbonyl (C=O) groups is 2. The summed E-state index contributed by atoms with van der Waals surface area (Å²) in [5.41, 5.74) is 0.582. The van der Waals surface area contributed by atoms with Crippen molar-refractivity contribution in [3.05, 3.63) is 75.9 Å². The van der Waals surface area contributed by atoms with E-state index in [0.29, 0.717) is 11.3 Å². The van der Waals surface area contributed by atoms with Gasteiger partial charge in [0.15, 0.2) is 6.04 Å². The third-order valence-electron chi connectivity index (χ3n) is 3.62. The number of rotatable bonds is 6. The number of nitrogens with one attached hydrogen (secondary N) is 1. The van der Waals surface area contributed by atoms with Crippen LogP contribution in [0.25, 0.3) is 10.6 Å². The summed E-state index contributed by atoms with van der Waals surface area (Å²) in [6.45, 7) is -0.366. The van der Waals surface area contributed by atoms with Crippen molar-refractivity contribution in [1.82, 2.24) is 15.1 Å². The maximum Gasteiger partial charge on any atom is 0.330 e. The first-order valence-corrected chi connectivity index (χ1v) is 8.62. The van der Waals surface area contributed by atoms with E-state index in [9.17, 15) is 19.5 Å². The molecule has 2 heterocycles. The fourth-order valence-corrected chi connectivity index (χ4v) is 3.08. The molecule has 0 spiro atoms.